The zero-order valence-electron chi connectivity index (χ0n) is 16.5. The van der Waals surface area contributed by atoms with Gasteiger partial charge in [-0.15, -0.1) is 0 Å². The molecule has 0 aliphatic carbocycles. The molecule has 0 unspecified atom stereocenters. The Balaban J connectivity index is 1.65. The quantitative estimate of drug-likeness (QED) is 0.298. The first-order valence-electron chi connectivity index (χ1n) is 9.28. The van der Waals surface area contributed by atoms with Gasteiger partial charge in [0.05, 0.1) is 0 Å². The molecule has 0 fully saturated rings. The summed E-state index contributed by atoms with van der Waals surface area (Å²) in [6.07, 6.45) is -2.03. The maximum atomic E-state index is 12.1. The molecule has 0 heterocycles. The normalized spacial score (nSPS) is 10.1. The Kier molecular flexibility index (Phi) is 7.37. The summed E-state index contributed by atoms with van der Waals surface area (Å²) in [6.45, 7) is 3.31. The molecule has 0 bridgehead atoms. The maximum Gasteiger partial charge on any atom is 0.514 e. The van der Waals surface area contributed by atoms with Crippen LogP contribution in [0.4, 0.5) is 9.59 Å². The molecule has 3 rings (SSSR count). The Hall–Kier alpha value is -4.13. The van der Waals surface area contributed by atoms with Gasteiger partial charge in [-0.2, -0.15) is 0 Å². The highest BCUT2D eigenvalue weighted by atomic mass is 16.7. The van der Waals surface area contributed by atoms with Crippen molar-refractivity contribution in [2.24, 2.45) is 0 Å². The number of carbonyl (C=O) groups is 3. The SMILES string of the molecule is [CH2]C(=O)c1ccc(OC(=O)OCc2ccccc2)c(OC(=O)OCc2ccccc2)c1. The molecule has 0 aliphatic heterocycles. The number of ether oxygens (including phenoxy) is 4. The van der Waals surface area contributed by atoms with Crippen molar-refractivity contribution < 1.29 is 33.3 Å². The topological polar surface area (TPSA) is 88.1 Å². The van der Waals surface area contributed by atoms with Crippen LogP contribution in [0.5, 0.6) is 11.5 Å². The van der Waals surface area contributed by atoms with E-state index in [9.17, 15) is 14.4 Å². The van der Waals surface area contributed by atoms with Crippen LogP contribution in [0, 0.1) is 6.92 Å². The number of hydrogen-bond donors (Lipinski definition) is 0. The van der Waals surface area contributed by atoms with Crippen LogP contribution in [0.2, 0.25) is 0 Å². The molecular weight excluding hydrogens is 400 g/mol. The number of carbonyl (C=O) groups excluding carboxylic acids is 3. The van der Waals surface area contributed by atoms with Gasteiger partial charge in [-0.25, -0.2) is 9.59 Å². The largest absolute Gasteiger partial charge is 0.514 e. The standard InChI is InChI=1S/C24H19O7/c1-17(25)20-12-13-21(30-23(26)28-15-18-8-4-2-5-9-18)22(14-20)31-24(27)29-16-19-10-6-3-7-11-19/h2-14H,1,15-16H2. The van der Waals surface area contributed by atoms with Gasteiger partial charge in [0, 0.05) is 12.5 Å². The van der Waals surface area contributed by atoms with E-state index < -0.39 is 18.1 Å². The number of rotatable bonds is 7. The highest BCUT2D eigenvalue weighted by Crippen LogP contribution is 2.29. The van der Waals surface area contributed by atoms with E-state index in [1.807, 2.05) is 24.3 Å². The van der Waals surface area contributed by atoms with Gasteiger partial charge >= 0.3 is 12.3 Å². The van der Waals surface area contributed by atoms with Crippen LogP contribution in [0.3, 0.4) is 0 Å². The van der Waals surface area contributed by atoms with Crippen LogP contribution in [-0.2, 0) is 22.7 Å². The smallest absolute Gasteiger partial charge is 0.429 e. The first-order chi connectivity index (χ1) is 15.0. The highest BCUT2D eigenvalue weighted by molar-refractivity contribution is 6.00. The molecule has 0 N–H and O–H groups in total. The van der Waals surface area contributed by atoms with Gasteiger partial charge in [0.15, 0.2) is 17.3 Å². The molecule has 3 aromatic rings. The van der Waals surface area contributed by atoms with E-state index >= 15 is 0 Å². The lowest BCUT2D eigenvalue weighted by atomic mass is 10.1. The molecule has 0 saturated heterocycles. The summed E-state index contributed by atoms with van der Waals surface area (Å²) in [5.41, 5.74) is 1.70. The Morgan fingerprint density at radius 3 is 1.61 bits per heavy atom. The minimum Gasteiger partial charge on any atom is -0.429 e. The van der Waals surface area contributed by atoms with E-state index in [0.717, 1.165) is 11.1 Å². The van der Waals surface area contributed by atoms with Crippen LogP contribution in [0.15, 0.2) is 78.9 Å². The third-order valence-electron chi connectivity index (χ3n) is 4.05. The zero-order valence-corrected chi connectivity index (χ0v) is 16.5. The molecule has 0 spiro atoms. The molecule has 0 amide bonds. The molecule has 0 aliphatic rings. The lowest BCUT2D eigenvalue weighted by Gasteiger charge is -2.12. The number of Topliss-reactive ketones (excluding diaryl/α,β-unsaturated/α-hetero) is 1. The second-order valence-corrected chi connectivity index (χ2v) is 6.34. The van der Waals surface area contributed by atoms with Crippen molar-refractivity contribution in [3.63, 3.8) is 0 Å². The van der Waals surface area contributed by atoms with E-state index in [0.29, 0.717) is 0 Å². The van der Waals surface area contributed by atoms with Gasteiger partial charge in [0.1, 0.15) is 13.2 Å². The van der Waals surface area contributed by atoms with Crippen molar-refractivity contribution in [3.05, 3.63) is 102 Å². The second kappa shape index (κ2) is 10.6. The summed E-state index contributed by atoms with van der Waals surface area (Å²) in [7, 11) is 0. The minimum absolute atomic E-state index is 0.00440. The maximum absolute atomic E-state index is 12.1. The number of hydrogen-bond acceptors (Lipinski definition) is 7. The fourth-order valence-corrected chi connectivity index (χ4v) is 2.52. The molecule has 0 atom stereocenters. The average molecular weight is 419 g/mol. The van der Waals surface area contributed by atoms with Crippen LogP contribution in [0.1, 0.15) is 21.5 Å². The van der Waals surface area contributed by atoms with Crippen molar-refractivity contribution in [2.75, 3.05) is 0 Å². The highest BCUT2D eigenvalue weighted by Gasteiger charge is 2.18. The first kappa shape index (κ1) is 21.6. The van der Waals surface area contributed by atoms with Crippen molar-refractivity contribution in [1.82, 2.24) is 0 Å². The monoisotopic (exact) mass is 419 g/mol. The van der Waals surface area contributed by atoms with Crippen molar-refractivity contribution in [2.45, 2.75) is 13.2 Å². The summed E-state index contributed by atoms with van der Waals surface area (Å²) in [6, 6.07) is 22.0. The van der Waals surface area contributed by atoms with Gasteiger partial charge in [-0.05, 0) is 29.3 Å². The van der Waals surface area contributed by atoms with E-state index in [1.165, 1.54) is 18.2 Å². The van der Waals surface area contributed by atoms with Gasteiger partial charge in [0.2, 0.25) is 0 Å². The van der Waals surface area contributed by atoms with Crippen molar-refractivity contribution in [3.8, 4) is 11.5 Å². The molecule has 1 radical (unpaired) electrons. The summed E-state index contributed by atoms with van der Waals surface area (Å²) < 4.78 is 20.4. The minimum atomic E-state index is -1.03. The predicted molar refractivity (Wildman–Crippen MR) is 111 cm³/mol. The zero-order chi connectivity index (χ0) is 22.1. The van der Waals surface area contributed by atoms with E-state index in [1.54, 1.807) is 36.4 Å². The molecule has 157 valence electrons. The van der Waals surface area contributed by atoms with Crippen molar-refractivity contribution >= 4 is 18.1 Å². The van der Waals surface area contributed by atoms with Crippen LogP contribution < -0.4 is 9.47 Å². The fourth-order valence-electron chi connectivity index (χ4n) is 2.52. The van der Waals surface area contributed by atoms with Gasteiger partial charge in [-0.3, -0.25) is 4.79 Å². The first-order valence-corrected chi connectivity index (χ1v) is 9.28. The van der Waals surface area contributed by atoms with Gasteiger partial charge in [-0.1, -0.05) is 60.7 Å². The average Bonchev–Trinajstić information content (AvgIpc) is 2.79. The predicted octanol–water partition coefficient (Wildman–Crippen LogP) is 5.13. The van der Waals surface area contributed by atoms with E-state index in [2.05, 4.69) is 6.92 Å². The lowest BCUT2D eigenvalue weighted by molar-refractivity contribution is 0.0831. The van der Waals surface area contributed by atoms with Crippen LogP contribution >= 0.6 is 0 Å². The Bertz CT molecular complexity index is 1050. The van der Waals surface area contributed by atoms with Crippen molar-refractivity contribution in [1.29, 1.82) is 0 Å². The van der Waals surface area contributed by atoms with Gasteiger partial charge < -0.3 is 18.9 Å². The molecule has 3 aromatic carbocycles. The van der Waals surface area contributed by atoms with Crippen LogP contribution in [-0.4, -0.2) is 18.1 Å². The second-order valence-electron chi connectivity index (χ2n) is 6.34. The number of ketones is 1. The number of benzene rings is 3. The summed E-state index contributed by atoms with van der Waals surface area (Å²) >= 11 is 0. The van der Waals surface area contributed by atoms with Crippen LogP contribution in [0.25, 0.3) is 0 Å². The molecular formula is C24H19O7. The van der Waals surface area contributed by atoms with E-state index in [4.69, 9.17) is 18.9 Å². The Morgan fingerprint density at radius 1 is 0.645 bits per heavy atom. The third kappa shape index (κ3) is 6.71. The van der Waals surface area contributed by atoms with Gasteiger partial charge in [0.25, 0.3) is 0 Å². The third-order valence-corrected chi connectivity index (χ3v) is 4.05. The van der Waals surface area contributed by atoms with E-state index in [-0.39, 0.29) is 30.3 Å². The Labute approximate surface area is 179 Å². The lowest BCUT2D eigenvalue weighted by Crippen LogP contribution is -2.14. The Morgan fingerprint density at radius 2 is 1.13 bits per heavy atom. The summed E-state index contributed by atoms with van der Waals surface area (Å²) in [4.78, 5) is 35.7. The molecule has 31 heavy (non-hydrogen) atoms. The molecule has 0 saturated carbocycles. The summed E-state index contributed by atoms with van der Waals surface area (Å²) in [5.74, 6) is -0.787. The molecule has 7 nitrogen and oxygen atoms in total. The molecule has 0 aromatic heterocycles. The fraction of sp³-hybridized carbons (Fsp3) is 0.0833. The molecule has 7 heteroatoms. The summed E-state index contributed by atoms with van der Waals surface area (Å²) in [5, 5.41) is 0.